The van der Waals surface area contributed by atoms with Gasteiger partial charge in [-0.1, -0.05) is 6.92 Å². The number of nitrogens with zero attached hydrogens (tertiary/aromatic N) is 2. The lowest BCUT2D eigenvalue weighted by molar-refractivity contribution is 0.430. The molecule has 0 bridgehead atoms. The van der Waals surface area contributed by atoms with Crippen LogP contribution in [0.1, 0.15) is 38.6 Å². The molecule has 0 aromatic carbocycles. The van der Waals surface area contributed by atoms with Crippen LogP contribution in [0, 0.1) is 6.92 Å². The van der Waals surface area contributed by atoms with E-state index in [9.17, 15) is 0 Å². The van der Waals surface area contributed by atoms with E-state index in [2.05, 4.69) is 41.8 Å². The van der Waals surface area contributed by atoms with E-state index in [1.165, 1.54) is 5.69 Å². The Labute approximate surface area is 100 Å². The highest BCUT2D eigenvalue weighted by atomic mass is 79.9. The molecule has 1 atom stereocenters. The minimum atomic E-state index is -0.151. The topological polar surface area (TPSA) is 43.8 Å². The first-order valence-corrected chi connectivity index (χ1v) is 6.21. The molecule has 1 rings (SSSR count). The van der Waals surface area contributed by atoms with Gasteiger partial charge in [0.25, 0.3) is 0 Å². The second-order valence-electron chi connectivity index (χ2n) is 4.35. The van der Waals surface area contributed by atoms with Crippen LogP contribution < -0.4 is 5.73 Å². The standard InChI is InChI=1S/C11H20BrN3/c1-5-11(4,13)7-9-10(12)8(3)14-15(9)6-2/h5-7,13H2,1-4H3. The Morgan fingerprint density at radius 3 is 2.53 bits per heavy atom. The third-order valence-electron chi connectivity index (χ3n) is 2.83. The fourth-order valence-corrected chi connectivity index (χ4v) is 1.97. The van der Waals surface area contributed by atoms with Crippen molar-refractivity contribution in [3.63, 3.8) is 0 Å². The predicted molar refractivity (Wildman–Crippen MR) is 66.9 cm³/mol. The third-order valence-corrected chi connectivity index (χ3v) is 3.86. The second-order valence-corrected chi connectivity index (χ2v) is 5.14. The van der Waals surface area contributed by atoms with Gasteiger partial charge in [0, 0.05) is 18.5 Å². The van der Waals surface area contributed by atoms with Gasteiger partial charge >= 0.3 is 0 Å². The summed E-state index contributed by atoms with van der Waals surface area (Å²) >= 11 is 3.58. The molecule has 0 radical (unpaired) electrons. The molecule has 1 aromatic heterocycles. The minimum Gasteiger partial charge on any atom is -0.325 e. The van der Waals surface area contributed by atoms with Crippen LogP contribution in [0.15, 0.2) is 4.47 Å². The molecule has 0 amide bonds. The highest BCUT2D eigenvalue weighted by Crippen LogP contribution is 2.25. The quantitative estimate of drug-likeness (QED) is 0.917. The Hall–Kier alpha value is -0.350. The summed E-state index contributed by atoms with van der Waals surface area (Å²) in [4.78, 5) is 0. The number of hydrogen-bond acceptors (Lipinski definition) is 2. The van der Waals surface area contributed by atoms with Crippen LogP contribution in [0.2, 0.25) is 0 Å². The van der Waals surface area contributed by atoms with Crippen molar-refractivity contribution >= 4 is 15.9 Å². The van der Waals surface area contributed by atoms with Gasteiger partial charge in [0.05, 0.1) is 15.9 Å². The van der Waals surface area contributed by atoms with Gasteiger partial charge < -0.3 is 5.73 Å². The van der Waals surface area contributed by atoms with Crippen molar-refractivity contribution in [1.82, 2.24) is 9.78 Å². The Morgan fingerprint density at radius 1 is 1.47 bits per heavy atom. The number of aromatic nitrogens is 2. The lowest BCUT2D eigenvalue weighted by Crippen LogP contribution is -2.38. The molecule has 0 aliphatic heterocycles. The van der Waals surface area contributed by atoms with E-state index >= 15 is 0 Å². The molecule has 2 N–H and O–H groups in total. The van der Waals surface area contributed by atoms with Gasteiger partial charge in [-0.05, 0) is 43.1 Å². The molecular formula is C11H20BrN3. The predicted octanol–water partition coefficient (Wildman–Crippen LogP) is 2.64. The van der Waals surface area contributed by atoms with Crippen molar-refractivity contribution in [2.75, 3.05) is 0 Å². The van der Waals surface area contributed by atoms with E-state index in [1.54, 1.807) is 0 Å². The molecule has 0 aliphatic carbocycles. The molecule has 3 nitrogen and oxygen atoms in total. The van der Waals surface area contributed by atoms with Crippen LogP contribution >= 0.6 is 15.9 Å². The number of hydrogen-bond donors (Lipinski definition) is 1. The first-order chi connectivity index (χ1) is 6.91. The maximum absolute atomic E-state index is 6.19. The summed E-state index contributed by atoms with van der Waals surface area (Å²) in [6, 6.07) is 0. The Morgan fingerprint density at radius 2 is 2.07 bits per heavy atom. The van der Waals surface area contributed by atoms with Crippen molar-refractivity contribution in [3.8, 4) is 0 Å². The van der Waals surface area contributed by atoms with Gasteiger partial charge in [-0.25, -0.2) is 0 Å². The zero-order chi connectivity index (χ0) is 11.6. The SMILES string of the molecule is CCn1nc(C)c(Br)c1CC(C)(N)CC. The minimum absolute atomic E-state index is 0.151. The highest BCUT2D eigenvalue weighted by molar-refractivity contribution is 9.10. The molecule has 1 unspecified atom stereocenters. The number of halogens is 1. The number of nitrogens with two attached hydrogens (primary N) is 1. The van der Waals surface area contributed by atoms with Crippen LogP contribution in [-0.2, 0) is 13.0 Å². The van der Waals surface area contributed by atoms with Gasteiger partial charge in [-0.15, -0.1) is 0 Å². The van der Waals surface area contributed by atoms with Crippen LogP contribution in [0.25, 0.3) is 0 Å². The summed E-state index contributed by atoms with van der Waals surface area (Å²) in [5.74, 6) is 0. The van der Waals surface area contributed by atoms with Gasteiger partial charge in [-0.3, -0.25) is 4.68 Å². The van der Waals surface area contributed by atoms with Crippen LogP contribution in [0.4, 0.5) is 0 Å². The molecule has 0 spiro atoms. The summed E-state index contributed by atoms with van der Waals surface area (Å²) in [5, 5.41) is 4.46. The van der Waals surface area contributed by atoms with E-state index in [-0.39, 0.29) is 5.54 Å². The lowest BCUT2D eigenvalue weighted by Gasteiger charge is -2.23. The summed E-state index contributed by atoms with van der Waals surface area (Å²) in [5.41, 5.74) is 8.29. The maximum Gasteiger partial charge on any atom is 0.0738 e. The van der Waals surface area contributed by atoms with Gasteiger partial charge in [0.1, 0.15) is 0 Å². The van der Waals surface area contributed by atoms with Crippen LogP contribution in [0.3, 0.4) is 0 Å². The summed E-state index contributed by atoms with van der Waals surface area (Å²) < 4.78 is 3.13. The van der Waals surface area contributed by atoms with Gasteiger partial charge in [0.2, 0.25) is 0 Å². The van der Waals surface area contributed by atoms with Gasteiger partial charge in [0.15, 0.2) is 0 Å². The van der Waals surface area contributed by atoms with Crippen molar-refractivity contribution in [2.24, 2.45) is 5.73 Å². The molecular weight excluding hydrogens is 254 g/mol. The molecule has 0 saturated carbocycles. The number of aryl methyl sites for hydroxylation is 2. The molecule has 1 heterocycles. The second kappa shape index (κ2) is 4.66. The third kappa shape index (κ3) is 2.82. The molecule has 1 aromatic rings. The molecule has 15 heavy (non-hydrogen) atoms. The lowest BCUT2D eigenvalue weighted by atomic mass is 9.94. The molecule has 0 fully saturated rings. The first-order valence-electron chi connectivity index (χ1n) is 5.42. The van der Waals surface area contributed by atoms with Gasteiger partial charge in [-0.2, -0.15) is 5.10 Å². The summed E-state index contributed by atoms with van der Waals surface area (Å²) in [6.45, 7) is 9.21. The Bertz CT molecular complexity index is 342. The van der Waals surface area contributed by atoms with Crippen LogP contribution in [0.5, 0.6) is 0 Å². The van der Waals surface area contributed by atoms with E-state index < -0.39 is 0 Å². The largest absolute Gasteiger partial charge is 0.325 e. The normalized spacial score (nSPS) is 15.3. The summed E-state index contributed by atoms with van der Waals surface area (Å²) in [6.07, 6.45) is 1.83. The van der Waals surface area contributed by atoms with E-state index in [0.717, 1.165) is 29.6 Å². The zero-order valence-corrected chi connectivity index (χ0v) is 11.6. The molecule has 86 valence electrons. The molecule has 4 heteroatoms. The zero-order valence-electron chi connectivity index (χ0n) is 9.97. The van der Waals surface area contributed by atoms with E-state index in [4.69, 9.17) is 5.73 Å². The number of rotatable bonds is 4. The van der Waals surface area contributed by atoms with Crippen molar-refractivity contribution in [2.45, 2.75) is 52.6 Å². The highest BCUT2D eigenvalue weighted by Gasteiger charge is 2.22. The maximum atomic E-state index is 6.19. The Kier molecular flexibility index (Phi) is 3.95. The van der Waals surface area contributed by atoms with Crippen LogP contribution in [-0.4, -0.2) is 15.3 Å². The molecule has 0 saturated heterocycles. The van der Waals surface area contributed by atoms with Crippen molar-refractivity contribution < 1.29 is 0 Å². The molecule has 0 aliphatic rings. The summed E-state index contributed by atoms with van der Waals surface area (Å²) in [7, 11) is 0. The van der Waals surface area contributed by atoms with E-state index in [1.807, 2.05) is 11.6 Å². The smallest absolute Gasteiger partial charge is 0.0738 e. The van der Waals surface area contributed by atoms with Crippen molar-refractivity contribution in [1.29, 1.82) is 0 Å². The van der Waals surface area contributed by atoms with Crippen molar-refractivity contribution in [3.05, 3.63) is 15.9 Å². The fraction of sp³-hybridized carbons (Fsp3) is 0.727. The monoisotopic (exact) mass is 273 g/mol. The first kappa shape index (κ1) is 12.7. The average molecular weight is 274 g/mol. The fourth-order valence-electron chi connectivity index (χ4n) is 1.55. The Balaban J connectivity index is 3.03. The van der Waals surface area contributed by atoms with E-state index in [0.29, 0.717) is 0 Å². The average Bonchev–Trinajstić information content (AvgIpc) is 2.45.